The Bertz CT molecular complexity index is 581. The van der Waals surface area contributed by atoms with E-state index in [1.54, 1.807) is 0 Å². The Morgan fingerprint density at radius 2 is 2.00 bits per heavy atom. The van der Waals surface area contributed by atoms with Crippen LogP contribution in [0.25, 0.3) is 0 Å². The lowest BCUT2D eigenvalue weighted by molar-refractivity contribution is 0.358. The number of hydrogen-bond acceptors (Lipinski definition) is 4. The van der Waals surface area contributed by atoms with E-state index < -0.39 is 0 Å². The zero-order valence-corrected chi connectivity index (χ0v) is 11.4. The lowest BCUT2D eigenvalue weighted by Crippen LogP contribution is -2.20. The Kier molecular flexibility index (Phi) is 3.66. The van der Waals surface area contributed by atoms with Gasteiger partial charge in [0.05, 0.1) is 17.4 Å². The first-order chi connectivity index (χ1) is 9.04. The van der Waals surface area contributed by atoms with Crippen LogP contribution in [-0.2, 0) is 11.8 Å². The van der Waals surface area contributed by atoms with E-state index in [9.17, 15) is 0 Å². The third kappa shape index (κ3) is 2.82. The van der Waals surface area contributed by atoms with Crippen LogP contribution in [0.15, 0.2) is 34.9 Å². The van der Waals surface area contributed by atoms with E-state index >= 15 is 0 Å². The molecule has 0 aliphatic carbocycles. The fourth-order valence-electron chi connectivity index (χ4n) is 1.88. The summed E-state index contributed by atoms with van der Waals surface area (Å²) in [6, 6.07) is 12.2. The monoisotopic (exact) mass is 255 g/mol. The number of benzene rings is 1. The number of aromatic nitrogens is 2. The third-order valence-corrected chi connectivity index (χ3v) is 3.22. The predicted octanol–water partition coefficient (Wildman–Crippen LogP) is 3.10. The van der Waals surface area contributed by atoms with Crippen molar-refractivity contribution in [3.8, 4) is 6.07 Å². The van der Waals surface area contributed by atoms with E-state index in [4.69, 9.17) is 9.78 Å². The minimum absolute atomic E-state index is 0.117. The summed E-state index contributed by atoms with van der Waals surface area (Å²) in [7, 11) is 0. The highest BCUT2D eigenvalue weighted by molar-refractivity contribution is 5.30. The van der Waals surface area contributed by atoms with Crippen molar-refractivity contribution in [2.45, 2.75) is 32.6 Å². The molecule has 0 aliphatic rings. The van der Waals surface area contributed by atoms with Crippen LogP contribution < -0.4 is 0 Å². The number of hydrogen-bond donors (Lipinski definition) is 0. The predicted molar refractivity (Wildman–Crippen MR) is 71.3 cm³/mol. The summed E-state index contributed by atoms with van der Waals surface area (Å²) < 4.78 is 5.23. The van der Waals surface area contributed by atoms with E-state index in [1.807, 2.05) is 37.3 Å². The summed E-state index contributed by atoms with van der Waals surface area (Å²) >= 11 is 0. The molecule has 0 aliphatic heterocycles. The summed E-state index contributed by atoms with van der Waals surface area (Å²) in [5.74, 6) is 1.06. The molecule has 1 aromatic heterocycles. The van der Waals surface area contributed by atoms with Crippen molar-refractivity contribution >= 4 is 0 Å². The van der Waals surface area contributed by atoms with Crippen molar-refractivity contribution in [3.63, 3.8) is 0 Å². The summed E-state index contributed by atoms with van der Waals surface area (Å²) in [5, 5.41) is 12.9. The van der Waals surface area contributed by atoms with Gasteiger partial charge in [0.15, 0.2) is 5.82 Å². The van der Waals surface area contributed by atoms with Gasteiger partial charge in [-0.3, -0.25) is 0 Å². The van der Waals surface area contributed by atoms with Gasteiger partial charge in [-0.2, -0.15) is 10.2 Å². The number of nitrogens with zero attached hydrogens (tertiary/aromatic N) is 3. The van der Waals surface area contributed by atoms with Crippen molar-refractivity contribution in [2.75, 3.05) is 0 Å². The van der Waals surface area contributed by atoms with Gasteiger partial charge in [0, 0.05) is 6.42 Å². The molecule has 0 saturated carbocycles. The summed E-state index contributed by atoms with van der Waals surface area (Å²) in [5.41, 5.74) is 0.828. The maximum Gasteiger partial charge on any atom is 0.227 e. The van der Waals surface area contributed by atoms with Gasteiger partial charge >= 0.3 is 0 Å². The summed E-state index contributed by atoms with van der Waals surface area (Å²) in [6.45, 7) is 5.96. The molecule has 0 spiro atoms. The van der Waals surface area contributed by atoms with E-state index in [-0.39, 0.29) is 11.3 Å². The van der Waals surface area contributed by atoms with Crippen LogP contribution in [0.4, 0.5) is 0 Å². The maximum atomic E-state index is 8.80. The first kappa shape index (κ1) is 13.3. The van der Waals surface area contributed by atoms with Gasteiger partial charge in [0.25, 0.3) is 0 Å². The first-order valence-corrected chi connectivity index (χ1v) is 6.32. The minimum atomic E-state index is -0.307. The standard InChI is InChI=1S/C15H17N3O/c1-11(10-16)9-13-17-14(18-19-13)15(2,3)12-7-5-4-6-8-12/h4-8,11H,9H2,1-3H3. The van der Waals surface area contributed by atoms with Gasteiger partial charge < -0.3 is 4.52 Å². The molecule has 0 radical (unpaired) electrons. The van der Waals surface area contributed by atoms with Gasteiger partial charge in [-0.25, -0.2) is 0 Å². The minimum Gasteiger partial charge on any atom is -0.339 e. The molecule has 1 heterocycles. The molecule has 4 nitrogen and oxygen atoms in total. The molecule has 0 amide bonds. The van der Waals surface area contributed by atoms with Crippen molar-refractivity contribution in [1.29, 1.82) is 5.26 Å². The molecule has 2 rings (SSSR count). The van der Waals surface area contributed by atoms with Crippen molar-refractivity contribution in [1.82, 2.24) is 10.1 Å². The zero-order chi connectivity index (χ0) is 13.9. The average molecular weight is 255 g/mol. The third-order valence-electron chi connectivity index (χ3n) is 3.22. The van der Waals surface area contributed by atoms with Crippen LogP contribution in [-0.4, -0.2) is 10.1 Å². The molecule has 0 fully saturated rings. The molecule has 1 atom stereocenters. The van der Waals surface area contributed by atoms with E-state index in [1.165, 1.54) is 0 Å². The smallest absolute Gasteiger partial charge is 0.227 e. The molecular weight excluding hydrogens is 238 g/mol. The second kappa shape index (κ2) is 5.23. The van der Waals surface area contributed by atoms with Crippen LogP contribution in [0.3, 0.4) is 0 Å². The van der Waals surface area contributed by atoms with Crippen LogP contribution in [0, 0.1) is 17.2 Å². The molecule has 98 valence electrons. The molecule has 4 heteroatoms. The highest BCUT2D eigenvalue weighted by Gasteiger charge is 2.28. The van der Waals surface area contributed by atoms with Crippen LogP contribution >= 0.6 is 0 Å². The number of rotatable bonds is 4. The van der Waals surface area contributed by atoms with E-state index in [2.05, 4.69) is 30.1 Å². The fourth-order valence-corrected chi connectivity index (χ4v) is 1.88. The SMILES string of the molecule is CC(C#N)Cc1nc(C(C)(C)c2ccccc2)no1. The molecular formula is C15H17N3O. The Balaban J connectivity index is 2.25. The van der Waals surface area contributed by atoms with Gasteiger partial charge in [-0.1, -0.05) is 35.5 Å². The fraction of sp³-hybridized carbons (Fsp3) is 0.400. The van der Waals surface area contributed by atoms with Crippen molar-refractivity contribution < 1.29 is 4.52 Å². The molecule has 0 saturated heterocycles. The second-order valence-corrected chi connectivity index (χ2v) is 5.24. The lowest BCUT2D eigenvalue weighted by atomic mass is 9.84. The molecule has 0 bridgehead atoms. The summed E-state index contributed by atoms with van der Waals surface area (Å²) in [4.78, 5) is 4.42. The number of nitriles is 1. The highest BCUT2D eigenvalue weighted by Crippen LogP contribution is 2.29. The quantitative estimate of drug-likeness (QED) is 0.842. The average Bonchev–Trinajstić information content (AvgIpc) is 2.89. The van der Waals surface area contributed by atoms with Gasteiger partial charge in [0.2, 0.25) is 5.89 Å². The molecule has 19 heavy (non-hydrogen) atoms. The van der Waals surface area contributed by atoms with Crippen molar-refractivity contribution in [2.24, 2.45) is 5.92 Å². The molecule has 2 aromatic rings. The second-order valence-electron chi connectivity index (χ2n) is 5.24. The van der Waals surface area contributed by atoms with E-state index in [0.29, 0.717) is 18.1 Å². The Morgan fingerprint density at radius 1 is 1.32 bits per heavy atom. The Morgan fingerprint density at radius 3 is 2.63 bits per heavy atom. The van der Waals surface area contributed by atoms with Crippen LogP contribution in [0.2, 0.25) is 0 Å². The van der Waals surface area contributed by atoms with Gasteiger partial charge in [-0.15, -0.1) is 0 Å². The Hall–Kier alpha value is -2.15. The molecule has 1 aromatic carbocycles. The van der Waals surface area contributed by atoms with Gasteiger partial charge in [0.1, 0.15) is 0 Å². The normalized spacial score (nSPS) is 12.9. The highest BCUT2D eigenvalue weighted by atomic mass is 16.5. The topological polar surface area (TPSA) is 62.7 Å². The molecule has 1 unspecified atom stereocenters. The Labute approximate surface area is 113 Å². The van der Waals surface area contributed by atoms with Gasteiger partial charge in [-0.05, 0) is 26.3 Å². The van der Waals surface area contributed by atoms with Crippen molar-refractivity contribution in [3.05, 3.63) is 47.6 Å². The zero-order valence-electron chi connectivity index (χ0n) is 11.4. The largest absolute Gasteiger partial charge is 0.339 e. The van der Waals surface area contributed by atoms with E-state index in [0.717, 1.165) is 5.56 Å². The lowest BCUT2D eigenvalue weighted by Gasteiger charge is -2.20. The molecule has 0 N–H and O–H groups in total. The first-order valence-electron chi connectivity index (χ1n) is 6.32. The summed E-state index contributed by atoms with van der Waals surface area (Å²) in [6.07, 6.45) is 0.494. The maximum absolute atomic E-state index is 8.80. The van der Waals surface area contributed by atoms with Crippen LogP contribution in [0.5, 0.6) is 0 Å². The van der Waals surface area contributed by atoms with Crippen LogP contribution in [0.1, 0.15) is 38.0 Å².